The van der Waals surface area contributed by atoms with Crippen LogP contribution in [0, 0.1) is 0 Å². The van der Waals surface area contributed by atoms with Crippen molar-refractivity contribution in [3.05, 3.63) is 75.1 Å². The lowest BCUT2D eigenvalue weighted by molar-refractivity contribution is 0.0642. The second kappa shape index (κ2) is 8.70. The topological polar surface area (TPSA) is 68.5 Å². The normalized spacial score (nSPS) is 20.9. The summed E-state index contributed by atoms with van der Waals surface area (Å²) in [5, 5.41) is 6.43. The maximum Gasteiger partial charge on any atom is 0.190 e. The number of benzene rings is 2. The molecule has 2 saturated carbocycles. The summed E-state index contributed by atoms with van der Waals surface area (Å²) in [5.74, 6) is 1.28. The molecule has 36 heavy (non-hydrogen) atoms. The summed E-state index contributed by atoms with van der Waals surface area (Å²) in [6, 6.07) is 11.4. The Morgan fingerprint density at radius 2 is 2.03 bits per heavy atom. The van der Waals surface area contributed by atoms with Crippen molar-refractivity contribution in [3.63, 3.8) is 0 Å². The van der Waals surface area contributed by atoms with Crippen molar-refractivity contribution in [2.75, 3.05) is 4.90 Å². The number of carbonyl (C=O) groups is 1. The summed E-state index contributed by atoms with van der Waals surface area (Å²) < 4.78 is 13.3. The number of hydrogen-bond acceptors (Lipinski definition) is 7. The Bertz CT molecular complexity index is 1520. The SMILES string of the molecule is O=Cc1ccc2nc(N3C=C4C[C@H]3CC4OCc3c(-c4c(Cl)cccc4Cl)noc3C3CC3)sc2c1. The van der Waals surface area contributed by atoms with Gasteiger partial charge in [0, 0.05) is 34.9 Å². The number of carbonyl (C=O) groups excluding carboxylic acids is 1. The smallest absolute Gasteiger partial charge is 0.190 e. The Labute approximate surface area is 221 Å². The molecule has 182 valence electrons. The van der Waals surface area contributed by atoms with E-state index < -0.39 is 0 Å². The second-order valence-electron chi connectivity index (χ2n) is 9.59. The van der Waals surface area contributed by atoms with Gasteiger partial charge in [-0.2, -0.15) is 0 Å². The first-order valence-electron chi connectivity index (χ1n) is 12.0. The van der Waals surface area contributed by atoms with Crippen molar-refractivity contribution < 1.29 is 14.1 Å². The Kier molecular flexibility index (Phi) is 5.43. The fourth-order valence-electron chi connectivity index (χ4n) is 5.25. The molecule has 0 saturated heterocycles. The van der Waals surface area contributed by atoms with Gasteiger partial charge in [-0.3, -0.25) is 4.79 Å². The van der Waals surface area contributed by atoms with Gasteiger partial charge in [-0.25, -0.2) is 4.98 Å². The lowest BCUT2D eigenvalue weighted by Gasteiger charge is -2.26. The molecule has 6 nitrogen and oxygen atoms in total. The fraction of sp³-hybridized carbons (Fsp3) is 0.296. The van der Waals surface area contributed by atoms with Gasteiger partial charge < -0.3 is 14.2 Å². The lowest BCUT2D eigenvalue weighted by atomic mass is 10.0. The van der Waals surface area contributed by atoms with Gasteiger partial charge >= 0.3 is 0 Å². The van der Waals surface area contributed by atoms with Crippen LogP contribution in [0.3, 0.4) is 0 Å². The van der Waals surface area contributed by atoms with E-state index in [9.17, 15) is 4.79 Å². The van der Waals surface area contributed by atoms with Gasteiger partial charge in [0.1, 0.15) is 17.7 Å². The Morgan fingerprint density at radius 1 is 1.19 bits per heavy atom. The molecule has 3 aliphatic rings. The average molecular weight is 538 g/mol. The van der Waals surface area contributed by atoms with Crippen molar-refractivity contribution in [2.24, 2.45) is 0 Å². The molecule has 0 spiro atoms. The van der Waals surface area contributed by atoms with E-state index in [2.05, 4.69) is 16.3 Å². The van der Waals surface area contributed by atoms with E-state index in [1.54, 1.807) is 11.3 Å². The van der Waals surface area contributed by atoms with Crippen molar-refractivity contribution in [1.82, 2.24) is 10.1 Å². The minimum absolute atomic E-state index is 0.0406. The summed E-state index contributed by atoms with van der Waals surface area (Å²) in [5.41, 5.74) is 5.18. The van der Waals surface area contributed by atoms with E-state index in [1.807, 2.05) is 36.4 Å². The highest BCUT2D eigenvalue weighted by Gasteiger charge is 2.41. The van der Waals surface area contributed by atoms with Crippen LogP contribution < -0.4 is 4.90 Å². The van der Waals surface area contributed by atoms with Gasteiger partial charge in [0.2, 0.25) is 0 Å². The second-order valence-corrected chi connectivity index (χ2v) is 11.4. The summed E-state index contributed by atoms with van der Waals surface area (Å²) >= 11 is 14.6. The molecule has 7 rings (SSSR count). The van der Waals surface area contributed by atoms with Crippen molar-refractivity contribution in [2.45, 2.75) is 50.4 Å². The van der Waals surface area contributed by atoms with Crippen LogP contribution in [-0.4, -0.2) is 28.6 Å². The van der Waals surface area contributed by atoms with Gasteiger partial charge in [-0.1, -0.05) is 45.8 Å². The van der Waals surface area contributed by atoms with Crippen LogP contribution in [0.1, 0.15) is 53.3 Å². The van der Waals surface area contributed by atoms with Gasteiger partial charge in [0.05, 0.1) is 33.0 Å². The molecule has 4 aromatic rings. The van der Waals surface area contributed by atoms with Gasteiger partial charge in [0.25, 0.3) is 0 Å². The van der Waals surface area contributed by atoms with Crippen LogP contribution >= 0.6 is 34.5 Å². The summed E-state index contributed by atoms with van der Waals surface area (Å²) in [6.45, 7) is 0.399. The molecule has 3 heterocycles. The van der Waals surface area contributed by atoms with Crippen molar-refractivity contribution >= 4 is 56.2 Å². The number of halogens is 2. The van der Waals surface area contributed by atoms with E-state index in [4.69, 9.17) is 37.4 Å². The molecule has 2 atom stereocenters. The van der Waals surface area contributed by atoms with Crippen LogP contribution in [-0.2, 0) is 11.3 Å². The first-order chi connectivity index (χ1) is 17.6. The summed E-state index contributed by atoms with van der Waals surface area (Å²) in [6.07, 6.45) is 7.14. The number of hydrogen-bond donors (Lipinski definition) is 0. The number of anilines is 1. The Morgan fingerprint density at radius 3 is 2.75 bits per heavy atom. The number of aromatic nitrogens is 2. The fourth-order valence-corrected chi connectivity index (χ4v) is 6.89. The maximum absolute atomic E-state index is 11.1. The van der Waals surface area contributed by atoms with Gasteiger partial charge in [0.15, 0.2) is 5.13 Å². The monoisotopic (exact) mass is 537 g/mol. The summed E-state index contributed by atoms with van der Waals surface area (Å²) in [7, 11) is 0. The van der Waals surface area contributed by atoms with E-state index in [-0.39, 0.29) is 6.10 Å². The zero-order chi connectivity index (χ0) is 24.4. The van der Waals surface area contributed by atoms with Crippen LogP contribution in [0.25, 0.3) is 21.5 Å². The molecular weight excluding hydrogens is 517 g/mol. The standard InChI is InChI=1S/C27H21Cl2N3O3S/c28-19-2-1-3-20(29)24(19)25-18(26(35-31-25)15-5-6-15)13-34-22-10-17-9-16(22)11-32(17)27-30-21-7-4-14(12-33)8-23(21)36-27/h1-4,7-8,11-12,15,17,22H,5-6,9-10,13H2/t17-,22?/m0/s1. The molecule has 0 radical (unpaired) electrons. The number of thiazole rings is 1. The minimum atomic E-state index is 0.0406. The molecular formula is C27H21Cl2N3O3S. The van der Waals surface area contributed by atoms with Crippen LogP contribution in [0.5, 0.6) is 0 Å². The molecule has 9 heteroatoms. The van der Waals surface area contributed by atoms with E-state index in [0.717, 1.165) is 58.6 Å². The van der Waals surface area contributed by atoms with Gasteiger partial charge in [-0.05, 0) is 61.6 Å². The third kappa shape index (κ3) is 3.77. The largest absolute Gasteiger partial charge is 0.369 e. The average Bonchev–Trinajstić information content (AvgIpc) is 3.22. The van der Waals surface area contributed by atoms with E-state index in [0.29, 0.717) is 45.4 Å². The number of fused-ring (bicyclic) bond motifs is 3. The summed E-state index contributed by atoms with van der Waals surface area (Å²) in [4.78, 5) is 18.2. The minimum Gasteiger partial charge on any atom is -0.369 e. The highest BCUT2D eigenvalue weighted by molar-refractivity contribution is 7.22. The molecule has 0 N–H and O–H groups in total. The van der Waals surface area contributed by atoms with Crippen molar-refractivity contribution in [1.29, 1.82) is 0 Å². The number of nitrogens with zero attached hydrogens (tertiary/aromatic N) is 3. The quantitative estimate of drug-likeness (QED) is 0.229. The highest BCUT2D eigenvalue weighted by atomic mass is 35.5. The van der Waals surface area contributed by atoms with E-state index in [1.165, 1.54) is 5.57 Å². The predicted molar refractivity (Wildman–Crippen MR) is 141 cm³/mol. The zero-order valence-corrected chi connectivity index (χ0v) is 21.4. The maximum atomic E-state index is 11.1. The molecule has 2 bridgehead atoms. The van der Waals surface area contributed by atoms with Crippen LogP contribution in [0.2, 0.25) is 10.0 Å². The molecule has 0 amide bonds. The molecule has 2 fully saturated rings. The van der Waals surface area contributed by atoms with Crippen LogP contribution in [0.4, 0.5) is 5.13 Å². The third-order valence-corrected chi connectivity index (χ3v) is 8.88. The predicted octanol–water partition coefficient (Wildman–Crippen LogP) is 7.40. The lowest BCUT2D eigenvalue weighted by Crippen LogP contribution is -2.30. The third-order valence-electron chi connectivity index (χ3n) is 7.22. The molecule has 2 aliphatic carbocycles. The number of aldehydes is 1. The highest BCUT2D eigenvalue weighted by Crippen LogP contribution is 2.47. The molecule has 2 aromatic heterocycles. The number of rotatable bonds is 7. The Balaban J connectivity index is 1.13. The van der Waals surface area contributed by atoms with E-state index >= 15 is 0 Å². The molecule has 2 aromatic carbocycles. The molecule has 1 unspecified atom stereocenters. The zero-order valence-electron chi connectivity index (χ0n) is 19.1. The van der Waals surface area contributed by atoms with Crippen molar-refractivity contribution in [3.8, 4) is 11.3 Å². The van der Waals surface area contributed by atoms with Gasteiger partial charge in [-0.15, -0.1) is 0 Å². The number of ether oxygens (including phenoxy) is 1. The van der Waals surface area contributed by atoms with Crippen LogP contribution in [0.15, 0.2) is 52.7 Å². The molecule has 1 aliphatic heterocycles. The first-order valence-corrected chi connectivity index (χ1v) is 13.6. The first kappa shape index (κ1) is 22.5. The Hall–Kier alpha value is -2.71.